The fourth-order valence-electron chi connectivity index (χ4n) is 2.62. The third kappa shape index (κ3) is 8.43. The van der Waals surface area contributed by atoms with Crippen LogP contribution in [0, 0.1) is 0 Å². The molecule has 0 radical (unpaired) electrons. The highest BCUT2D eigenvalue weighted by Crippen LogP contribution is 2.24. The summed E-state index contributed by atoms with van der Waals surface area (Å²) in [6, 6.07) is 10.1. The second-order valence-electron chi connectivity index (χ2n) is 6.44. The number of pyridine rings is 1. The van der Waals surface area contributed by atoms with Gasteiger partial charge in [0.15, 0.2) is 6.61 Å². The Morgan fingerprint density at radius 1 is 1.10 bits per heavy atom. The molecule has 0 spiro atoms. The summed E-state index contributed by atoms with van der Waals surface area (Å²) in [6.07, 6.45) is 0.170. The first-order chi connectivity index (χ1) is 14.8. The standard InChI is InChI=1S/C21H22Cl2N2O6/c1-13(26)31-20(15-10-17(22)25-18(23)11-15)21(28)24-9-3-4-14-5-7-16(8-6-14)30-12-19(27)29-2/h5-8,10-11,20H,3-4,9,12H2,1-2H3,(H,24,28). The Morgan fingerprint density at radius 2 is 1.74 bits per heavy atom. The van der Waals surface area contributed by atoms with E-state index in [2.05, 4.69) is 15.0 Å². The Bertz CT molecular complexity index is 900. The molecule has 1 heterocycles. The van der Waals surface area contributed by atoms with Crippen molar-refractivity contribution in [3.63, 3.8) is 0 Å². The third-order valence-corrected chi connectivity index (χ3v) is 4.45. The summed E-state index contributed by atoms with van der Waals surface area (Å²) in [5.41, 5.74) is 1.36. The number of benzene rings is 1. The second kappa shape index (κ2) is 12.1. The van der Waals surface area contributed by atoms with E-state index in [0.29, 0.717) is 30.7 Å². The smallest absolute Gasteiger partial charge is 0.343 e. The number of methoxy groups -OCH3 is 1. The Hall–Kier alpha value is -2.84. The largest absolute Gasteiger partial charge is 0.482 e. The summed E-state index contributed by atoms with van der Waals surface area (Å²) in [4.78, 5) is 38.9. The average Bonchev–Trinajstić information content (AvgIpc) is 2.73. The lowest BCUT2D eigenvalue weighted by Gasteiger charge is -2.17. The highest BCUT2D eigenvalue weighted by Gasteiger charge is 2.24. The van der Waals surface area contributed by atoms with E-state index in [1.54, 1.807) is 12.1 Å². The van der Waals surface area contributed by atoms with E-state index in [9.17, 15) is 14.4 Å². The number of amides is 1. The van der Waals surface area contributed by atoms with Crippen LogP contribution >= 0.6 is 23.2 Å². The van der Waals surface area contributed by atoms with Crippen molar-refractivity contribution in [1.29, 1.82) is 0 Å². The lowest BCUT2D eigenvalue weighted by atomic mass is 10.1. The number of esters is 2. The number of carbonyl (C=O) groups is 3. The number of aryl methyl sites for hydroxylation is 1. The molecule has 0 saturated heterocycles. The quantitative estimate of drug-likeness (QED) is 0.324. The van der Waals surface area contributed by atoms with Gasteiger partial charge in [-0.1, -0.05) is 35.3 Å². The molecule has 2 rings (SSSR count). The normalized spacial score (nSPS) is 11.4. The molecular weight excluding hydrogens is 447 g/mol. The van der Waals surface area contributed by atoms with Crippen LogP contribution in [-0.4, -0.2) is 43.1 Å². The predicted octanol–water partition coefficient (Wildman–Crippen LogP) is 3.29. The Balaban J connectivity index is 1.86. The molecule has 0 fully saturated rings. The number of hydrogen-bond acceptors (Lipinski definition) is 7. The monoisotopic (exact) mass is 468 g/mol. The Kier molecular flexibility index (Phi) is 9.55. The lowest BCUT2D eigenvalue weighted by Crippen LogP contribution is -2.32. The number of halogens is 2. The van der Waals surface area contributed by atoms with Crippen LogP contribution in [0.15, 0.2) is 36.4 Å². The SMILES string of the molecule is COC(=O)COc1ccc(CCCNC(=O)C(OC(C)=O)c2cc(Cl)nc(Cl)c2)cc1. The number of nitrogens with one attached hydrogen (secondary N) is 1. The van der Waals surface area contributed by atoms with Crippen LogP contribution in [0.25, 0.3) is 0 Å². The van der Waals surface area contributed by atoms with Gasteiger partial charge in [-0.15, -0.1) is 0 Å². The summed E-state index contributed by atoms with van der Waals surface area (Å²) in [7, 11) is 1.30. The molecule has 1 amide bonds. The van der Waals surface area contributed by atoms with Gasteiger partial charge in [-0.2, -0.15) is 0 Å². The second-order valence-corrected chi connectivity index (χ2v) is 7.21. The van der Waals surface area contributed by atoms with E-state index < -0.39 is 23.9 Å². The molecule has 166 valence electrons. The summed E-state index contributed by atoms with van der Waals surface area (Å²) in [5, 5.41) is 2.93. The van der Waals surface area contributed by atoms with Crippen molar-refractivity contribution in [3.8, 4) is 5.75 Å². The van der Waals surface area contributed by atoms with E-state index in [-0.39, 0.29) is 16.9 Å². The maximum absolute atomic E-state index is 12.6. The molecule has 0 bridgehead atoms. The van der Waals surface area contributed by atoms with Crippen molar-refractivity contribution in [2.75, 3.05) is 20.3 Å². The maximum atomic E-state index is 12.6. The molecule has 1 aromatic carbocycles. The number of ether oxygens (including phenoxy) is 3. The molecule has 1 N–H and O–H groups in total. The molecule has 1 atom stereocenters. The first-order valence-electron chi connectivity index (χ1n) is 9.35. The molecule has 0 saturated carbocycles. The minimum Gasteiger partial charge on any atom is -0.482 e. The van der Waals surface area contributed by atoms with Gasteiger partial charge in [0.2, 0.25) is 6.10 Å². The van der Waals surface area contributed by atoms with Gasteiger partial charge in [-0.3, -0.25) is 9.59 Å². The van der Waals surface area contributed by atoms with E-state index >= 15 is 0 Å². The first kappa shape index (κ1) is 24.4. The molecule has 0 aliphatic carbocycles. The van der Waals surface area contributed by atoms with Gasteiger partial charge in [0.05, 0.1) is 7.11 Å². The van der Waals surface area contributed by atoms with Crippen molar-refractivity contribution >= 4 is 41.0 Å². The molecule has 1 aromatic heterocycles. The van der Waals surface area contributed by atoms with Crippen LogP contribution in [0.2, 0.25) is 10.3 Å². The van der Waals surface area contributed by atoms with Gasteiger partial charge >= 0.3 is 11.9 Å². The fraction of sp³-hybridized carbons (Fsp3) is 0.333. The minimum absolute atomic E-state index is 0.0893. The maximum Gasteiger partial charge on any atom is 0.343 e. The molecule has 8 nitrogen and oxygen atoms in total. The summed E-state index contributed by atoms with van der Waals surface area (Å²) >= 11 is 11.8. The Morgan fingerprint density at radius 3 is 2.32 bits per heavy atom. The number of carbonyl (C=O) groups excluding carboxylic acids is 3. The van der Waals surface area contributed by atoms with Gasteiger partial charge in [0.25, 0.3) is 5.91 Å². The van der Waals surface area contributed by atoms with Crippen LogP contribution < -0.4 is 10.1 Å². The highest BCUT2D eigenvalue weighted by atomic mass is 35.5. The molecule has 0 aliphatic rings. The predicted molar refractivity (Wildman–Crippen MR) is 114 cm³/mol. The van der Waals surface area contributed by atoms with Gasteiger partial charge in [-0.05, 0) is 42.7 Å². The van der Waals surface area contributed by atoms with Crippen molar-refractivity contribution in [2.45, 2.75) is 25.9 Å². The minimum atomic E-state index is -1.18. The zero-order chi connectivity index (χ0) is 22.8. The average molecular weight is 469 g/mol. The number of hydrogen-bond donors (Lipinski definition) is 1. The lowest BCUT2D eigenvalue weighted by molar-refractivity contribution is -0.154. The van der Waals surface area contributed by atoms with E-state index in [0.717, 1.165) is 5.56 Å². The van der Waals surface area contributed by atoms with Crippen molar-refractivity contribution in [2.24, 2.45) is 0 Å². The van der Waals surface area contributed by atoms with Crippen LogP contribution in [0.5, 0.6) is 5.75 Å². The fourth-order valence-corrected chi connectivity index (χ4v) is 3.10. The van der Waals surface area contributed by atoms with E-state index in [4.69, 9.17) is 32.7 Å². The van der Waals surface area contributed by atoms with Crippen molar-refractivity contribution < 1.29 is 28.6 Å². The topological polar surface area (TPSA) is 104 Å². The van der Waals surface area contributed by atoms with Gasteiger partial charge < -0.3 is 19.5 Å². The summed E-state index contributed by atoms with van der Waals surface area (Å²) in [5.74, 6) is -0.997. The van der Waals surface area contributed by atoms with Crippen LogP contribution in [-0.2, 0) is 30.3 Å². The molecule has 31 heavy (non-hydrogen) atoms. The van der Waals surface area contributed by atoms with Crippen LogP contribution in [0.3, 0.4) is 0 Å². The van der Waals surface area contributed by atoms with Gasteiger partial charge in [-0.25, -0.2) is 9.78 Å². The third-order valence-electron chi connectivity index (χ3n) is 4.06. The van der Waals surface area contributed by atoms with Crippen molar-refractivity contribution in [1.82, 2.24) is 10.3 Å². The molecule has 0 aliphatic heterocycles. The van der Waals surface area contributed by atoms with Gasteiger partial charge in [0.1, 0.15) is 16.1 Å². The van der Waals surface area contributed by atoms with Crippen LogP contribution in [0.4, 0.5) is 0 Å². The molecule has 10 heteroatoms. The van der Waals surface area contributed by atoms with Crippen LogP contribution in [0.1, 0.15) is 30.6 Å². The Labute approximate surface area is 189 Å². The number of nitrogens with zero attached hydrogens (tertiary/aromatic N) is 1. The van der Waals surface area contributed by atoms with E-state index in [1.165, 1.54) is 26.2 Å². The number of aromatic nitrogens is 1. The van der Waals surface area contributed by atoms with E-state index in [1.807, 2.05) is 12.1 Å². The highest BCUT2D eigenvalue weighted by molar-refractivity contribution is 6.32. The van der Waals surface area contributed by atoms with Crippen molar-refractivity contribution in [3.05, 3.63) is 57.8 Å². The molecular formula is C21H22Cl2N2O6. The van der Waals surface area contributed by atoms with Gasteiger partial charge in [0, 0.05) is 19.0 Å². The zero-order valence-electron chi connectivity index (χ0n) is 17.0. The first-order valence-corrected chi connectivity index (χ1v) is 10.1. The zero-order valence-corrected chi connectivity index (χ0v) is 18.5. The molecule has 1 unspecified atom stereocenters. The summed E-state index contributed by atoms with van der Waals surface area (Å²) < 4.78 is 14.9. The number of rotatable bonds is 10. The summed E-state index contributed by atoms with van der Waals surface area (Å²) in [6.45, 7) is 1.42. The molecule has 2 aromatic rings.